The van der Waals surface area contributed by atoms with Crippen LogP contribution in [-0.4, -0.2) is 22.8 Å². The Morgan fingerprint density at radius 3 is 2.64 bits per heavy atom. The highest BCUT2D eigenvalue weighted by molar-refractivity contribution is 6.46. The average Bonchev–Trinajstić information content (AvgIpc) is 2.72. The Kier molecular flexibility index (Phi) is 3.01. The van der Waals surface area contributed by atoms with Gasteiger partial charge in [-0.15, -0.1) is 0 Å². The molecule has 0 aromatic heterocycles. The smallest absolute Gasteiger partial charge is 0.222 e. The molecule has 22 heavy (non-hydrogen) atoms. The predicted molar refractivity (Wildman–Crippen MR) is 83.1 cm³/mol. The van der Waals surface area contributed by atoms with Crippen molar-refractivity contribution in [2.24, 2.45) is 28.6 Å². The quantitative estimate of drug-likeness (QED) is 0.700. The third kappa shape index (κ3) is 1.72. The van der Waals surface area contributed by atoms with Gasteiger partial charge >= 0.3 is 0 Å². The molecule has 0 radical (unpaired) electrons. The van der Waals surface area contributed by atoms with Gasteiger partial charge in [-0.3, -0.25) is 9.59 Å². The molecule has 0 aromatic rings. The first-order valence-electron chi connectivity index (χ1n) is 8.85. The minimum absolute atomic E-state index is 0.127. The summed E-state index contributed by atoms with van der Waals surface area (Å²) in [5.74, 6) is 1.15. The lowest BCUT2D eigenvalue weighted by molar-refractivity contribution is -0.139. The van der Waals surface area contributed by atoms with E-state index >= 15 is 0 Å². The van der Waals surface area contributed by atoms with Crippen molar-refractivity contribution < 1.29 is 14.7 Å². The highest BCUT2D eigenvalue weighted by Crippen LogP contribution is 2.63. The van der Waals surface area contributed by atoms with Crippen molar-refractivity contribution in [1.82, 2.24) is 0 Å². The molecule has 3 fully saturated rings. The molecule has 3 heteroatoms. The van der Waals surface area contributed by atoms with Crippen LogP contribution >= 0.6 is 0 Å². The summed E-state index contributed by atoms with van der Waals surface area (Å²) >= 11 is 0. The summed E-state index contributed by atoms with van der Waals surface area (Å²) in [7, 11) is 0. The number of carbonyl (C=O) groups is 2. The topological polar surface area (TPSA) is 54.4 Å². The van der Waals surface area contributed by atoms with E-state index in [2.05, 4.69) is 6.92 Å². The molecule has 120 valence electrons. The number of Topliss-reactive ketones (excluding diaryl/α,β-unsaturated/α-hetero) is 1. The second kappa shape index (κ2) is 4.53. The number of rotatable bonds is 0. The monoisotopic (exact) mass is 302 g/mol. The minimum atomic E-state index is -0.504. The third-order valence-electron chi connectivity index (χ3n) is 7.67. The van der Waals surface area contributed by atoms with Crippen LogP contribution in [-0.2, 0) is 9.59 Å². The standard InChI is InChI=1S/C19H26O3/c1-18-7-5-12(20)9-11(18)3-4-13-14(18)6-8-19(2)15(13)10-16(21)17(19)22/h10-14,20H,3-9H2,1-2H3/t11?,12?,13-,14+,18+,19+/m1/s1. The number of aliphatic hydroxyl groups excluding tert-OH is 1. The Balaban J connectivity index is 1.70. The molecular weight excluding hydrogens is 276 g/mol. The molecule has 0 saturated heterocycles. The van der Waals surface area contributed by atoms with E-state index in [-0.39, 0.29) is 23.1 Å². The predicted octanol–water partition coefficient (Wildman–Crippen LogP) is 3.06. The zero-order chi connectivity index (χ0) is 15.7. The van der Waals surface area contributed by atoms with Crippen molar-refractivity contribution >= 4 is 11.6 Å². The van der Waals surface area contributed by atoms with Gasteiger partial charge < -0.3 is 5.11 Å². The fourth-order valence-electron chi connectivity index (χ4n) is 6.27. The maximum Gasteiger partial charge on any atom is 0.222 e. The van der Waals surface area contributed by atoms with Crippen molar-refractivity contribution in [2.75, 3.05) is 0 Å². The molecule has 4 aliphatic rings. The summed E-state index contributed by atoms with van der Waals surface area (Å²) in [6, 6.07) is 0. The molecule has 0 aromatic carbocycles. The highest BCUT2D eigenvalue weighted by atomic mass is 16.3. The first-order valence-corrected chi connectivity index (χ1v) is 8.85. The van der Waals surface area contributed by atoms with Crippen LogP contribution in [0.25, 0.3) is 0 Å². The van der Waals surface area contributed by atoms with Gasteiger partial charge in [-0.1, -0.05) is 6.92 Å². The van der Waals surface area contributed by atoms with Crippen LogP contribution in [0.1, 0.15) is 58.8 Å². The maximum atomic E-state index is 12.3. The molecule has 4 rings (SSSR count). The normalized spacial score (nSPS) is 51.0. The molecule has 6 atom stereocenters. The van der Waals surface area contributed by atoms with Crippen molar-refractivity contribution in [3.8, 4) is 0 Å². The van der Waals surface area contributed by atoms with Crippen molar-refractivity contribution in [3.05, 3.63) is 11.6 Å². The van der Waals surface area contributed by atoms with E-state index in [9.17, 15) is 14.7 Å². The van der Waals surface area contributed by atoms with Crippen LogP contribution in [0, 0.1) is 28.6 Å². The van der Waals surface area contributed by atoms with E-state index in [4.69, 9.17) is 0 Å². The minimum Gasteiger partial charge on any atom is -0.393 e. The average molecular weight is 302 g/mol. The van der Waals surface area contributed by atoms with Crippen LogP contribution in [0.4, 0.5) is 0 Å². The Hall–Kier alpha value is -0.960. The van der Waals surface area contributed by atoms with E-state index in [1.54, 1.807) is 6.08 Å². The summed E-state index contributed by atoms with van der Waals surface area (Å²) in [4.78, 5) is 24.3. The number of aliphatic hydroxyl groups is 1. The van der Waals surface area contributed by atoms with E-state index < -0.39 is 5.41 Å². The zero-order valence-electron chi connectivity index (χ0n) is 13.6. The number of hydrogen-bond donors (Lipinski definition) is 1. The van der Waals surface area contributed by atoms with Crippen LogP contribution in [0.5, 0.6) is 0 Å². The van der Waals surface area contributed by atoms with E-state index in [1.807, 2.05) is 6.92 Å². The molecule has 0 spiro atoms. The highest BCUT2D eigenvalue weighted by Gasteiger charge is 2.58. The van der Waals surface area contributed by atoms with Gasteiger partial charge in [-0.25, -0.2) is 0 Å². The molecule has 0 aliphatic heterocycles. The Morgan fingerprint density at radius 1 is 1.09 bits per heavy atom. The summed E-state index contributed by atoms with van der Waals surface area (Å²) in [6.45, 7) is 4.39. The fraction of sp³-hybridized carbons (Fsp3) is 0.789. The Bertz CT molecular complexity index is 577. The van der Waals surface area contributed by atoms with Gasteiger partial charge in [0.25, 0.3) is 0 Å². The summed E-state index contributed by atoms with van der Waals surface area (Å²) in [5.41, 5.74) is 0.916. The third-order valence-corrected chi connectivity index (χ3v) is 7.67. The summed E-state index contributed by atoms with van der Waals surface area (Å²) in [5, 5.41) is 10.0. The summed E-state index contributed by atoms with van der Waals surface area (Å²) < 4.78 is 0. The summed E-state index contributed by atoms with van der Waals surface area (Å²) in [6.07, 6.45) is 8.59. The van der Waals surface area contributed by atoms with Crippen molar-refractivity contribution in [2.45, 2.75) is 64.9 Å². The van der Waals surface area contributed by atoms with Gasteiger partial charge in [0, 0.05) is 0 Å². The number of ketones is 2. The van der Waals surface area contributed by atoms with Crippen molar-refractivity contribution in [1.29, 1.82) is 0 Å². The number of carbonyl (C=O) groups excluding carboxylic acids is 2. The second-order valence-corrected chi connectivity index (χ2v) is 8.59. The van der Waals surface area contributed by atoms with Crippen LogP contribution < -0.4 is 0 Å². The lowest BCUT2D eigenvalue weighted by atomic mass is 9.46. The van der Waals surface area contributed by atoms with Gasteiger partial charge in [0.15, 0.2) is 0 Å². The zero-order valence-corrected chi connectivity index (χ0v) is 13.6. The largest absolute Gasteiger partial charge is 0.393 e. The SMILES string of the molecule is C[C@]12CC[C@H]3[C@@H](CCC4CC(O)CC[C@@]43C)C1=CC(=O)C2=O. The Labute approximate surface area is 132 Å². The second-order valence-electron chi connectivity index (χ2n) is 8.59. The van der Waals surface area contributed by atoms with Gasteiger partial charge in [0.05, 0.1) is 11.5 Å². The first-order chi connectivity index (χ1) is 10.4. The Morgan fingerprint density at radius 2 is 1.86 bits per heavy atom. The van der Waals surface area contributed by atoms with E-state index in [0.717, 1.165) is 50.5 Å². The molecule has 3 nitrogen and oxygen atoms in total. The molecule has 2 unspecified atom stereocenters. The number of allylic oxidation sites excluding steroid dienone is 2. The van der Waals surface area contributed by atoms with Crippen LogP contribution in [0.3, 0.4) is 0 Å². The lowest BCUT2D eigenvalue weighted by Gasteiger charge is -2.58. The molecule has 4 aliphatic carbocycles. The van der Waals surface area contributed by atoms with E-state index in [0.29, 0.717) is 17.8 Å². The molecule has 1 N–H and O–H groups in total. The maximum absolute atomic E-state index is 12.3. The van der Waals surface area contributed by atoms with Crippen molar-refractivity contribution in [3.63, 3.8) is 0 Å². The molecular formula is C19H26O3. The number of fused-ring (bicyclic) bond motifs is 5. The van der Waals surface area contributed by atoms with Gasteiger partial charge in [0.2, 0.25) is 11.6 Å². The lowest BCUT2D eigenvalue weighted by Crippen LogP contribution is -2.52. The number of hydrogen-bond acceptors (Lipinski definition) is 3. The van der Waals surface area contributed by atoms with Crippen LogP contribution in [0.2, 0.25) is 0 Å². The molecule has 0 amide bonds. The van der Waals surface area contributed by atoms with Gasteiger partial charge in [0.1, 0.15) is 0 Å². The molecule has 0 heterocycles. The fourth-order valence-corrected chi connectivity index (χ4v) is 6.27. The van der Waals surface area contributed by atoms with Gasteiger partial charge in [-0.05, 0) is 86.7 Å². The van der Waals surface area contributed by atoms with Gasteiger partial charge in [-0.2, -0.15) is 0 Å². The molecule has 0 bridgehead atoms. The van der Waals surface area contributed by atoms with E-state index in [1.165, 1.54) is 0 Å². The van der Waals surface area contributed by atoms with Crippen LogP contribution in [0.15, 0.2) is 11.6 Å². The first kappa shape index (κ1) is 14.6. The molecule has 3 saturated carbocycles.